The second kappa shape index (κ2) is 8.19. The maximum atomic E-state index is 13.0. The number of nitrogens with zero attached hydrogens (tertiary/aromatic N) is 3. The van der Waals surface area contributed by atoms with E-state index in [9.17, 15) is 9.59 Å². The molecule has 28 heavy (non-hydrogen) atoms. The van der Waals surface area contributed by atoms with E-state index in [-0.39, 0.29) is 30.3 Å². The van der Waals surface area contributed by atoms with Crippen molar-refractivity contribution in [2.24, 2.45) is 5.92 Å². The first-order valence-corrected chi connectivity index (χ1v) is 9.89. The Morgan fingerprint density at radius 1 is 1.11 bits per heavy atom. The minimum atomic E-state index is -0.317. The van der Waals surface area contributed by atoms with Crippen molar-refractivity contribution in [3.63, 3.8) is 0 Å². The van der Waals surface area contributed by atoms with Gasteiger partial charge in [0.1, 0.15) is 11.9 Å². The number of aromatic nitrogens is 1. The number of carbonyl (C=O) groups is 2. The summed E-state index contributed by atoms with van der Waals surface area (Å²) in [4.78, 5) is 33.0. The maximum absolute atomic E-state index is 13.0. The van der Waals surface area contributed by atoms with E-state index < -0.39 is 0 Å². The minimum absolute atomic E-state index is 0.0257. The lowest BCUT2D eigenvalue weighted by molar-refractivity contribution is -0.138. The van der Waals surface area contributed by atoms with Crippen LogP contribution in [0.1, 0.15) is 19.3 Å². The number of pyridine rings is 1. The molecule has 0 N–H and O–H groups in total. The van der Waals surface area contributed by atoms with Crippen LogP contribution < -0.4 is 9.64 Å². The van der Waals surface area contributed by atoms with Gasteiger partial charge in [0.15, 0.2) is 0 Å². The van der Waals surface area contributed by atoms with Crippen molar-refractivity contribution in [2.75, 3.05) is 24.5 Å². The van der Waals surface area contributed by atoms with Crippen molar-refractivity contribution in [3.05, 3.63) is 53.8 Å². The summed E-state index contributed by atoms with van der Waals surface area (Å²) >= 11 is 5.93. The first kappa shape index (κ1) is 18.7. The van der Waals surface area contributed by atoms with Gasteiger partial charge < -0.3 is 14.5 Å². The molecule has 0 radical (unpaired) electrons. The second-order valence-corrected chi connectivity index (χ2v) is 7.67. The molecule has 6 nitrogen and oxygen atoms in total. The van der Waals surface area contributed by atoms with Crippen LogP contribution in [-0.2, 0) is 9.59 Å². The Morgan fingerprint density at radius 3 is 2.61 bits per heavy atom. The molecule has 2 saturated heterocycles. The third-order valence-corrected chi connectivity index (χ3v) is 5.51. The fourth-order valence-electron chi connectivity index (χ4n) is 3.85. The highest BCUT2D eigenvalue weighted by atomic mass is 35.5. The van der Waals surface area contributed by atoms with Crippen molar-refractivity contribution in [2.45, 2.75) is 25.4 Å². The molecule has 0 aliphatic carbocycles. The Morgan fingerprint density at radius 2 is 1.86 bits per heavy atom. The lowest BCUT2D eigenvalue weighted by atomic mass is 10.0. The van der Waals surface area contributed by atoms with Crippen molar-refractivity contribution in [1.82, 2.24) is 9.88 Å². The molecule has 7 heteroatoms. The molecule has 2 aliphatic heterocycles. The summed E-state index contributed by atoms with van der Waals surface area (Å²) in [7, 11) is 0. The van der Waals surface area contributed by atoms with Gasteiger partial charge in [-0.25, -0.2) is 0 Å². The van der Waals surface area contributed by atoms with E-state index in [1.165, 1.54) is 0 Å². The van der Waals surface area contributed by atoms with Crippen LogP contribution in [0, 0.1) is 5.92 Å². The van der Waals surface area contributed by atoms with E-state index >= 15 is 0 Å². The van der Waals surface area contributed by atoms with Gasteiger partial charge in [0.05, 0.1) is 12.5 Å². The number of anilines is 1. The Kier molecular flexibility index (Phi) is 5.48. The molecular weight excluding hydrogens is 378 g/mol. The SMILES string of the molecule is O=C(C1CC(=O)N(c2ccc(Cl)cc2)C1)N1CCCC(Oc2ccncc2)C1. The van der Waals surface area contributed by atoms with Gasteiger partial charge in [0, 0.05) is 42.6 Å². The molecule has 0 spiro atoms. The summed E-state index contributed by atoms with van der Waals surface area (Å²) in [6, 6.07) is 10.8. The summed E-state index contributed by atoms with van der Waals surface area (Å²) in [5, 5.41) is 0.622. The number of likely N-dealkylation sites (tertiary alicyclic amines) is 1. The standard InChI is InChI=1S/C21H22ClN3O3/c22-16-3-5-17(6-4-16)25-13-15(12-20(25)26)21(27)24-11-1-2-19(14-24)28-18-7-9-23-10-8-18/h3-10,15,19H,1-2,11-14H2. The molecule has 2 unspecified atom stereocenters. The molecule has 4 rings (SSSR count). The maximum Gasteiger partial charge on any atom is 0.228 e. The second-order valence-electron chi connectivity index (χ2n) is 7.23. The number of benzene rings is 1. The Bertz CT molecular complexity index is 844. The first-order valence-electron chi connectivity index (χ1n) is 9.51. The first-order chi connectivity index (χ1) is 13.6. The number of ether oxygens (including phenoxy) is 1. The lowest BCUT2D eigenvalue weighted by Gasteiger charge is -2.34. The van der Waals surface area contributed by atoms with Gasteiger partial charge in [-0.2, -0.15) is 0 Å². The van der Waals surface area contributed by atoms with Gasteiger partial charge in [0.2, 0.25) is 11.8 Å². The summed E-state index contributed by atoms with van der Waals surface area (Å²) in [6.07, 6.45) is 5.39. The van der Waals surface area contributed by atoms with E-state index in [2.05, 4.69) is 4.98 Å². The zero-order valence-electron chi connectivity index (χ0n) is 15.5. The third kappa shape index (κ3) is 4.12. The monoisotopic (exact) mass is 399 g/mol. The highest BCUT2D eigenvalue weighted by Gasteiger charge is 2.38. The molecule has 0 bridgehead atoms. The lowest BCUT2D eigenvalue weighted by Crippen LogP contribution is -2.47. The van der Waals surface area contributed by atoms with Gasteiger partial charge in [-0.05, 0) is 49.2 Å². The number of hydrogen-bond donors (Lipinski definition) is 0. The molecule has 146 valence electrons. The predicted octanol–water partition coefficient (Wildman–Crippen LogP) is 3.16. The van der Waals surface area contributed by atoms with Crippen molar-refractivity contribution >= 4 is 29.1 Å². The molecule has 0 saturated carbocycles. The Labute approximate surface area is 169 Å². The molecule has 2 amide bonds. The van der Waals surface area contributed by atoms with Crippen LogP contribution in [0.5, 0.6) is 5.75 Å². The van der Waals surface area contributed by atoms with Crippen LogP contribution in [0.4, 0.5) is 5.69 Å². The quantitative estimate of drug-likeness (QED) is 0.792. The number of carbonyl (C=O) groups excluding carboxylic acids is 2. The fraction of sp³-hybridized carbons (Fsp3) is 0.381. The summed E-state index contributed by atoms with van der Waals surface area (Å²) in [5.41, 5.74) is 0.780. The molecule has 2 fully saturated rings. The van der Waals surface area contributed by atoms with Gasteiger partial charge in [-0.15, -0.1) is 0 Å². The number of piperidine rings is 1. The van der Waals surface area contributed by atoms with Crippen LogP contribution >= 0.6 is 11.6 Å². The van der Waals surface area contributed by atoms with E-state index in [0.29, 0.717) is 24.7 Å². The molecule has 2 atom stereocenters. The van der Waals surface area contributed by atoms with Gasteiger partial charge in [-0.3, -0.25) is 14.6 Å². The van der Waals surface area contributed by atoms with Crippen molar-refractivity contribution in [1.29, 1.82) is 0 Å². The smallest absolute Gasteiger partial charge is 0.228 e. The highest BCUT2D eigenvalue weighted by molar-refractivity contribution is 6.30. The number of rotatable bonds is 4. The van der Waals surface area contributed by atoms with E-state index in [1.54, 1.807) is 29.4 Å². The average Bonchev–Trinajstić information content (AvgIpc) is 3.10. The van der Waals surface area contributed by atoms with Crippen molar-refractivity contribution < 1.29 is 14.3 Å². The van der Waals surface area contributed by atoms with Gasteiger partial charge in [-0.1, -0.05) is 11.6 Å². The molecular formula is C21H22ClN3O3. The van der Waals surface area contributed by atoms with Crippen LogP contribution in [0.25, 0.3) is 0 Å². The zero-order valence-corrected chi connectivity index (χ0v) is 16.2. The van der Waals surface area contributed by atoms with E-state index in [0.717, 1.165) is 24.3 Å². The largest absolute Gasteiger partial charge is 0.488 e. The predicted molar refractivity (Wildman–Crippen MR) is 106 cm³/mol. The molecule has 2 aromatic rings. The normalized spacial score (nSPS) is 22.4. The fourth-order valence-corrected chi connectivity index (χ4v) is 3.97. The van der Waals surface area contributed by atoms with Crippen LogP contribution in [-0.4, -0.2) is 47.4 Å². The number of hydrogen-bond acceptors (Lipinski definition) is 4. The molecule has 2 aliphatic rings. The van der Waals surface area contributed by atoms with Crippen molar-refractivity contribution in [3.8, 4) is 5.75 Å². The average molecular weight is 400 g/mol. The Hall–Kier alpha value is -2.60. The van der Waals surface area contributed by atoms with Gasteiger partial charge in [0.25, 0.3) is 0 Å². The molecule has 3 heterocycles. The number of amides is 2. The molecule has 1 aromatic carbocycles. The highest BCUT2D eigenvalue weighted by Crippen LogP contribution is 2.28. The Balaban J connectivity index is 1.38. The van der Waals surface area contributed by atoms with E-state index in [4.69, 9.17) is 16.3 Å². The van der Waals surface area contributed by atoms with Crippen LogP contribution in [0.3, 0.4) is 0 Å². The summed E-state index contributed by atoms with van der Waals surface area (Å²) in [5.74, 6) is 0.456. The summed E-state index contributed by atoms with van der Waals surface area (Å²) in [6.45, 7) is 1.67. The van der Waals surface area contributed by atoms with Crippen LogP contribution in [0.2, 0.25) is 5.02 Å². The van der Waals surface area contributed by atoms with Crippen LogP contribution in [0.15, 0.2) is 48.8 Å². The van der Waals surface area contributed by atoms with E-state index in [1.807, 2.05) is 29.2 Å². The number of halogens is 1. The zero-order chi connectivity index (χ0) is 19.5. The third-order valence-electron chi connectivity index (χ3n) is 5.25. The summed E-state index contributed by atoms with van der Waals surface area (Å²) < 4.78 is 6.00. The topological polar surface area (TPSA) is 62.7 Å². The minimum Gasteiger partial charge on any atom is -0.488 e. The molecule has 1 aromatic heterocycles. The van der Waals surface area contributed by atoms with Gasteiger partial charge >= 0.3 is 0 Å².